The topological polar surface area (TPSA) is 29.1 Å². The summed E-state index contributed by atoms with van der Waals surface area (Å²) in [6, 6.07) is 0.826. The molecule has 2 heteroatoms. The van der Waals surface area contributed by atoms with Crippen LogP contribution in [0, 0.1) is 0 Å². The summed E-state index contributed by atoms with van der Waals surface area (Å²) < 4.78 is 0. The van der Waals surface area contributed by atoms with Crippen LogP contribution in [0.5, 0.6) is 0 Å². The fourth-order valence-corrected chi connectivity index (χ4v) is 1.57. The van der Waals surface area contributed by atoms with E-state index >= 15 is 0 Å². The third-order valence-corrected chi connectivity index (χ3v) is 2.26. The van der Waals surface area contributed by atoms with E-state index in [1.54, 1.807) is 0 Å². The molecule has 1 aliphatic carbocycles. The van der Waals surface area contributed by atoms with Gasteiger partial charge in [0.15, 0.2) is 0 Å². The van der Waals surface area contributed by atoms with E-state index in [1.165, 1.54) is 45.4 Å². The molecule has 86 valence electrons. The van der Waals surface area contributed by atoms with Crippen molar-refractivity contribution in [2.75, 3.05) is 7.05 Å². The normalized spacial score (nSPS) is 16.6. The van der Waals surface area contributed by atoms with E-state index in [0.29, 0.717) is 0 Å². The molecule has 0 spiro atoms. The number of carbonyl (C=O) groups is 1. The van der Waals surface area contributed by atoms with Crippen LogP contribution < -0.4 is 5.32 Å². The van der Waals surface area contributed by atoms with Crippen molar-refractivity contribution in [1.82, 2.24) is 5.32 Å². The summed E-state index contributed by atoms with van der Waals surface area (Å²) in [5, 5.41) is 3.34. The van der Waals surface area contributed by atoms with Crippen LogP contribution in [-0.4, -0.2) is 19.4 Å². The lowest BCUT2D eigenvalue weighted by Gasteiger charge is -2.10. The molecule has 1 N–H and O–H groups in total. The Hall–Kier alpha value is -0.370. The summed E-state index contributed by atoms with van der Waals surface area (Å²) in [6.45, 7) is 5.44. The highest BCUT2D eigenvalue weighted by molar-refractivity contribution is 5.44. The zero-order valence-electron chi connectivity index (χ0n) is 10.3. The van der Waals surface area contributed by atoms with Crippen LogP contribution in [-0.2, 0) is 4.79 Å². The maximum atomic E-state index is 8.81. The zero-order chi connectivity index (χ0) is 11.2. The number of hydrogen-bond acceptors (Lipinski definition) is 2. The van der Waals surface area contributed by atoms with Gasteiger partial charge >= 0.3 is 0 Å². The van der Waals surface area contributed by atoms with Crippen LogP contribution in [0.1, 0.15) is 59.3 Å². The summed E-state index contributed by atoms with van der Waals surface area (Å²) >= 11 is 0. The molecule has 0 bridgehead atoms. The smallest absolute Gasteiger partial charge is 0.116 e. The van der Waals surface area contributed by atoms with E-state index in [2.05, 4.69) is 12.4 Å². The second-order valence-corrected chi connectivity index (χ2v) is 3.21. The molecular weight excluding hydrogens is 174 g/mol. The van der Waals surface area contributed by atoms with Crippen molar-refractivity contribution >= 4 is 6.29 Å². The first-order valence-electron chi connectivity index (χ1n) is 5.92. The standard InChI is InChI=1S/C8H17N.C2H4O.C2H6/c1-9-8-6-4-2-3-5-7-8;1-2-3;1-2/h8-9H,2-7H2,1H3;2H,1H3;1-2H3. The van der Waals surface area contributed by atoms with Crippen molar-refractivity contribution in [3.8, 4) is 0 Å². The van der Waals surface area contributed by atoms with Crippen LogP contribution in [0.2, 0.25) is 0 Å². The zero-order valence-corrected chi connectivity index (χ0v) is 10.3. The first-order valence-corrected chi connectivity index (χ1v) is 5.92. The van der Waals surface area contributed by atoms with Crippen molar-refractivity contribution in [1.29, 1.82) is 0 Å². The van der Waals surface area contributed by atoms with E-state index in [1.807, 2.05) is 13.8 Å². The largest absolute Gasteiger partial charge is 0.317 e. The monoisotopic (exact) mass is 201 g/mol. The second-order valence-electron chi connectivity index (χ2n) is 3.21. The Morgan fingerprint density at radius 2 is 1.43 bits per heavy atom. The fraction of sp³-hybridized carbons (Fsp3) is 0.917. The minimum atomic E-state index is 0.750. The first kappa shape index (κ1) is 16.1. The molecule has 1 saturated carbocycles. The van der Waals surface area contributed by atoms with Gasteiger partial charge in [0.05, 0.1) is 0 Å². The van der Waals surface area contributed by atoms with E-state index in [0.717, 1.165) is 12.3 Å². The molecule has 0 heterocycles. The van der Waals surface area contributed by atoms with Gasteiger partial charge in [0.2, 0.25) is 0 Å². The second kappa shape index (κ2) is 15.1. The van der Waals surface area contributed by atoms with E-state index < -0.39 is 0 Å². The molecule has 0 aliphatic heterocycles. The highest BCUT2D eigenvalue weighted by Gasteiger charge is 2.08. The minimum absolute atomic E-state index is 0.750. The van der Waals surface area contributed by atoms with Crippen LogP contribution >= 0.6 is 0 Å². The predicted molar refractivity (Wildman–Crippen MR) is 63.6 cm³/mol. The van der Waals surface area contributed by atoms with Crippen molar-refractivity contribution < 1.29 is 4.79 Å². The summed E-state index contributed by atoms with van der Waals surface area (Å²) in [4.78, 5) is 8.81. The molecule has 0 amide bonds. The Labute approximate surface area is 89.5 Å². The van der Waals surface area contributed by atoms with Gasteiger partial charge in [-0.2, -0.15) is 0 Å². The van der Waals surface area contributed by atoms with Crippen molar-refractivity contribution in [3.63, 3.8) is 0 Å². The minimum Gasteiger partial charge on any atom is -0.317 e. The lowest BCUT2D eigenvalue weighted by atomic mass is 10.1. The Morgan fingerprint density at radius 1 is 1.07 bits per heavy atom. The third kappa shape index (κ3) is 11.6. The van der Waals surface area contributed by atoms with Gasteiger partial charge < -0.3 is 10.1 Å². The molecule has 1 rings (SSSR count). The maximum absolute atomic E-state index is 8.81. The number of aldehydes is 1. The molecular formula is C12H27NO. The maximum Gasteiger partial charge on any atom is 0.116 e. The van der Waals surface area contributed by atoms with Gasteiger partial charge in [-0.1, -0.05) is 39.5 Å². The van der Waals surface area contributed by atoms with E-state index in [9.17, 15) is 0 Å². The van der Waals surface area contributed by atoms with Gasteiger partial charge in [-0.15, -0.1) is 0 Å². The van der Waals surface area contributed by atoms with Crippen LogP contribution in [0.15, 0.2) is 0 Å². The van der Waals surface area contributed by atoms with Gasteiger partial charge in [0.25, 0.3) is 0 Å². The molecule has 1 fully saturated rings. The molecule has 0 radical (unpaired) electrons. The quantitative estimate of drug-likeness (QED) is 0.521. The lowest BCUT2D eigenvalue weighted by Crippen LogP contribution is -2.23. The predicted octanol–water partition coefficient (Wildman–Crippen LogP) is 3.16. The molecule has 14 heavy (non-hydrogen) atoms. The summed E-state index contributed by atoms with van der Waals surface area (Å²) in [6.07, 6.45) is 9.33. The van der Waals surface area contributed by atoms with Crippen LogP contribution in [0.25, 0.3) is 0 Å². The van der Waals surface area contributed by atoms with Gasteiger partial charge in [-0.05, 0) is 26.8 Å². The lowest BCUT2D eigenvalue weighted by molar-refractivity contribution is -0.106. The van der Waals surface area contributed by atoms with Crippen molar-refractivity contribution in [3.05, 3.63) is 0 Å². The highest BCUT2D eigenvalue weighted by Crippen LogP contribution is 2.16. The number of rotatable bonds is 1. The average Bonchev–Trinajstić information content (AvgIpc) is 2.50. The Morgan fingerprint density at radius 3 is 1.71 bits per heavy atom. The van der Waals surface area contributed by atoms with E-state index in [4.69, 9.17) is 4.79 Å². The molecule has 0 aromatic heterocycles. The summed E-state index contributed by atoms with van der Waals surface area (Å²) in [5.74, 6) is 0. The Bertz CT molecular complexity index is 96.5. The van der Waals surface area contributed by atoms with Gasteiger partial charge in [-0.25, -0.2) is 0 Å². The Balaban J connectivity index is 0. The number of carbonyl (C=O) groups excluding carboxylic acids is 1. The van der Waals surface area contributed by atoms with Crippen LogP contribution in [0.3, 0.4) is 0 Å². The molecule has 0 saturated heterocycles. The number of nitrogens with one attached hydrogen (secondary N) is 1. The Kier molecular flexibility index (Phi) is 17.4. The molecule has 2 nitrogen and oxygen atoms in total. The summed E-state index contributed by atoms with van der Waals surface area (Å²) in [5.41, 5.74) is 0. The van der Waals surface area contributed by atoms with Crippen molar-refractivity contribution in [2.24, 2.45) is 0 Å². The highest BCUT2D eigenvalue weighted by atomic mass is 16.1. The fourth-order valence-electron chi connectivity index (χ4n) is 1.57. The average molecular weight is 201 g/mol. The third-order valence-electron chi connectivity index (χ3n) is 2.26. The molecule has 0 atom stereocenters. The van der Waals surface area contributed by atoms with Crippen LogP contribution in [0.4, 0.5) is 0 Å². The van der Waals surface area contributed by atoms with E-state index in [-0.39, 0.29) is 0 Å². The van der Waals surface area contributed by atoms with Gasteiger partial charge in [-0.3, -0.25) is 0 Å². The van der Waals surface area contributed by atoms with Gasteiger partial charge in [0, 0.05) is 6.04 Å². The van der Waals surface area contributed by atoms with Crippen molar-refractivity contribution in [2.45, 2.75) is 65.3 Å². The molecule has 0 unspecified atom stereocenters. The molecule has 0 aromatic rings. The molecule has 0 aromatic carbocycles. The summed E-state index contributed by atoms with van der Waals surface area (Å²) in [7, 11) is 2.08. The molecule has 1 aliphatic rings. The number of hydrogen-bond donors (Lipinski definition) is 1. The van der Waals surface area contributed by atoms with Gasteiger partial charge in [0.1, 0.15) is 6.29 Å². The SMILES string of the molecule is CC.CC=O.CNC1CCCCCC1. The first-order chi connectivity index (χ1) is 6.85.